The number of rotatable bonds is 5. The number of nitrogens with zero attached hydrogens (tertiary/aromatic N) is 2. The molecule has 0 bridgehead atoms. The monoisotopic (exact) mass is 394 g/mol. The molecular weight excluding hydrogens is 364 g/mol. The summed E-state index contributed by atoms with van der Waals surface area (Å²) in [6.45, 7) is 3.33. The van der Waals surface area contributed by atoms with Crippen LogP contribution >= 0.6 is 0 Å². The van der Waals surface area contributed by atoms with Crippen LogP contribution < -0.4 is 15.5 Å². The molecule has 0 saturated heterocycles. The molecule has 1 aliphatic heterocycles. The topological polar surface area (TPSA) is 64.7 Å². The van der Waals surface area contributed by atoms with Gasteiger partial charge in [-0.2, -0.15) is 0 Å². The lowest BCUT2D eigenvalue weighted by Gasteiger charge is -2.30. The Hall–Kier alpha value is -2.86. The normalized spacial score (nSPS) is 14.3. The van der Waals surface area contributed by atoms with Crippen molar-refractivity contribution in [3.8, 4) is 0 Å². The van der Waals surface area contributed by atoms with Gasteiger partial charge >= 0.3 is 11.8 Å². The van der Waals surface area contributed by atoms with Crippen molar-refractivity contribution < 1.29 is 9.59 Å². The van der Waals surface area contributed by atoms with Crippen LogP contribution in [0.25, 0.3) is 0 Å². The van der Waals surface area contributed by atoms with Crippen molar-refractivity contribution in [1.82, 2.24) is 10.2 Å². The van der Waals surface area contributed by atoms with Crippen molar-refractivity contribution in [2.45, 2.75) is 25.8 Å². The summed E-state index contributed by atoms with van der Waals surface area (Å²) in [5.41, 5.74) is 5.32. The molecule has 1 aliphatic rings. The molecule has 0 aromatic heterocycles. The minimum absolute atomic E-state index is 0.0113. The number of nitrogens with one attached hydrogen (secondary N) is 2. The summed E-state index contributed by atoms with van der Waals surface area (Å²) in [5.74, 6) is -1.28. The molecule has 2 aromatic rings. The van der Waals surface area contributed by atoms with E-state index in [-0.39, 0.29) is 6.04 Å². The summed E-state index contributed by atoms with van der Waals surface area (Å²) in [6.07, 6.45) is 2.22. The van der Waals surface area contributed by atoms with Gasteiger partial charge in [0, 0.05) is 31.5 Å². The fourth-order valence-corrected chi connectivity index (χ4v) is 3.77. The number of fused-ring (bicyclic) bond motifs is 1. The Kier molecular flexibility index (Phi) is 6.54. The summed E-state index contributed by atoms with van der Waals surface area (Å²) < 4.78 is 0. The van der Waals surface area contributed by atoms with Crippen molar-refractivity contribution in [3.63, 3.8) is 0 Å². The van der Waals surface area contributed by atoms with Crippen molar-refractivity contribution in [2.24, 2.45) is 0 Å². The molecule has 0 unspecified atom stereocenters. The summed E-state index contributed by atoms with van der Waals surface area (Å²) >= 11 is 0. The van der Waals surface area contributed by atoms with E-state index in [0.717, 1.165) is 30.5 Å². The first-order valence-electron chi connectivity index (χ1n) is 10.0. The fraction of sp³-hybridized carbons (Fsp3) is 0.391. The number of carbonyl (C=O) groups is 2. The van der Waals surface area contributed by atoms with Gasteiger partial charge < -0.3 is 20.4 Å². The molecule has 6 nitrogen and oxygen atoms in total. The van der Waals surface area contributed by atoms with Crippen molar-refractivity contribution >= 4 is 23.2 Å². The zero-order valence-electron chi connectivity index (χ0n) is 17.7. The Morgan fingerprint density at radius 3 is 2.62 bits per heavy atom. The van der Waals surface area contributed by atoms with Gasteiger partial charge in [0.25, 0.3) is 0 Å². The highest BCUT2D eigenvalue weighted by Crippen LogP contribution is 2.29. The van der Waals surface area contributed by atoms with Gasteiger partial charge in [0.1, 0.15) is 0 Å². The quantitative estimate of drug-likeness (QED) is 0.766. The largest absolute Gasteiger partial charge is 0.374 e. The molecule has 2 amide bonds. The molecule has 2 N–H and O–H groups in total. The molecule has 0 aliphatic carbocycles. The van der Waals surface area contributed by atoms with E-state index in [9.17, 15) is 9.59 Å². The van der Waals surface area contributed by atoms with Gasteiger partial charge in [-0.05, 0) is 62.7 Å². The number of anilines is 2. The van der Waals surface area contributed by atoms with E-state index in [4.69, 9.17) is 0 Å². The number of amides is 2. The van der Waals surface area contributed by atoms with Gasteiger partial charge in [-0.1, -0.05) is 30.3 Å². The summed E-state index contributed by atoms with van der Waals surface area (Å²) in [4.78, 5) is 29.0. The molecule has 3 rings (SSSR count). The molecule has 1 atom stereocenters. The predicted molar refractivity (Wildman–Crippen MR) is 117 cm³/mol. The number of hydrogen-bond donors (Lipinski definition) is 2. The molecule has 1 heterocycles. The van der Waals surface area contributed by atoms with Crippen molar-refractivity contribution in [3.05, 3.63) is 59.2 Å². The first kappa shape index (κ1) is 20.9. The third kappa shape index (κ3) is 4.95. The molecule has 6 heteroatoms. The number of likely N-dealkylation sites (N-methyl/N-ethyl adjacent to an activating group) is 1. The third-order valence-electron chi connectivity index (χ3n) is 5.52. The molecule has 0 spiro atoms. The van der Waals surface area contributed by atoms with Gasteiger partial charge in [-0.25, -0.2) is 0 Å². The second-order valence-corrected chi connectivity index (χ2v) is 7.87. The molecular formula is C23H30N4O2. The molecule has 2 aromatic carbocycles. The molecule has 29 heavy (non-hydrogen) atoms. The first-order chi connectivity index (χ1) is 13.9. The summed E-state index contributed by atoms with van der Waals surface area (Å²) in [5, 5.41) is 5.47. The summed E-state index contributed by atoms with van der Waals surface area (Å²) in [6, 6.07) is 13.9. The second kappa shape index (κ2) is 9.09. The molecule has 0 saturated carbocycles. The predicted octanol–water partition coefficient (Wildman–Crippen LogP) is 2.74. The molecule has 0 radical (unpaired) electrons. The highest BCUT2D eigenvalue weighted by Gasteiger charge is 2.21. The van der Waals surface area contributed by atoms with Gasteiger partial charge in [0.15, 0.2) is 0 Å². The smallest absolute Gasteiger partial charge is 0.313 e. The van der Waals surface area contributed by atoms with Crippen LogP contribution in [0, 0.1) is 6.92 Å². The van der Waals surface area contributed by atoms with E-state index in [1.165, 1.54) is 11.3 Å². The number of aryl methyl sites for hydroxylation is 2. The second-order valence-electron chi connectivity index (χ2n) is 7.87. The minimum atomic E-state index is -0.649. The third-order valence-corrected chi connectivity index (χ3v) is 5.52. The van der Waals surface area contributed by atoms with Gasteiger partial charge in [0.05, 0.1) is 6.04 Å². The van der Waals surface area contributed by atoms with Crippen LogP contribution in [-0.4, -0.2) is 50.9 Å². The van der Waals surface area contributed by atoms with Crippen LogP contribution in [0.4, 0.5) is 11.4 Å². The van der Waals surface area contributed by atoms with Crippen LogP contribution in [0.2, 0.25) is 0 Å². The lowest BCUT2D eigenvalue weighted by atomic mass is 9.96. The Morgan fingerprint density at radius 2 is 1.90 bits per heavy atom. The van der Waals surface area contributed by atoms with Crippen LogP contribution in [0.3, 0.4) is 0 Å². The van der Waals surface area contributed by atoms with E-state index in [2.05, 4.69) is 45.7 Å². The lowest BCUT2D eigenvalue weighted by Crippen LogP contribution is -2.40. The highest BCUT2D eigenvalue weighted by molar-refractivity contribution is 6.39. The SMILES string of the molecule is Cc1ccccc1NC(=O)C(=O)NC[C@@H](c1ccc2c(c1)CCCN2C)N(C)C. The minimum Gasteiger partial charge on any atom is -0.374 e. The van der Waals surface area contributed by atoms with Gasteiger partial charge in [-0.3, -0.25) is 9.59 Å². The van der Waals surface area contributed by atoms with Crippen LogP contribution in [0.1, 0.15) is 29.2 Å². The number of carbonyl (C=O) groups excluding carboxylic acids is 2. The van der Waals surface area contributed by atoms with Crippen LogP contribution in [-0.2, 0) is 16.0 Å². The highest BCUT2D eigenvalue weighted by atomic mass is 16.2. The lowest BCUT2D eigenvalue weighted by molar-refractivity contribution is -0.136. The van der Waals surface area contributed by atoms with E-state index >= 15 is 0 Å². The van der Waals surface area contributed by atoms with E-state index in [0.29, 0.717) is 12.2 Å². The van der Waals surface area contributed by atoms with E-state index in [1.54, 1.807) is 6.07 Å². The maximum atomic E-state index is 12.3. The molecule has 154 valence electrons. The van der Waals surface area contributed by atoms with Gasteiger partial charge in [-0.15, -0.1) is 0 Å². The zero-order chi connectivity index (χ0) is 21.0. The van der Waals surface area contributed by atoms with Crippen molar-refractivity contribution in [1.29, 1.82) is 0 Å². The van der Waals surface area contributed by atoms with E-state index in [1.807, 2.05) is 39.2 Å². The van der Waals surface area contributed by atoms with Gasteiger partial charge in [0.2, 0.25) is 0 Å². The van der Waals surface area contributed by atoms with Crippen LogP contribution in [0.5, 0.6) is 0 Å². The first-order valence-corrected chi connectivity index (χ1v) is 10.0. The maximum absolute atomic E-state index is 12.3. The fourth-order valence-electron chi connectivity index (χ4n) is 3.77. The Bertz CT molecular complexity index is 894. The number of hydrogen-bond acceptors (Lipinski definition) is 4. The Balaban J connectivity index is 1.66. The Labute approximate surface area is 172 Å². The van der Waals surface area contributed by atoms with E-state index < -0.39 is 11.8 Å². The van der Waals surface area contributed by atoms with Crippen LogP contribution in [0.15, 0.2) is 42.5 Å². The van der Waals surface area contributed by atoms with Crippen molar-refractivity contribution in [2.75, 3.05) is 44.4 Å². The zero-order valence-corrected chi connectivity index (χ0v) is 17.7. The number of benzene rings is 2. The molecule has 0 fully saturated rings. The maximum Gasteiger partial charge on any atom is 0.313 e. The average Bonchev–Trinajstić information content (AvgIpc) is 2.69. The standard InChI is InChI=1S/C23H30N4O2/c1-16-8-5-6-10-19(16)25-23(29)22(28)24-15-21(26(2)3)18-11-12-20-17(14-18)9-7-13-27(20)4/h5-6,8,10-12,14,21H,7,9,13,15H2,1-4H3,(H,24,28)(H,25,29)/t21-/m0/s1. The number of para-hydroxylation sites is 1. The summed E-state index contributed by atoms with van der Waals surface area (Å²) in [7, 11) is 6.08. The Morgan fingerprint density at radius 1 is 1.14 bits per heavy atom. The average molecular weight is 395 g/mol.